The molecule has 0 aromatic carbocycles. The Labute approximate surface area is 69.1 Å². The third-order valence-electron chi connectivity index (χ3n) is 1.06. The molecule has 1 aromatic rings. The first-order valence-corrected chi connectivity index (χ1v) is 5.18. The molecule has 0 aliphatic heterocycles. The lowest BCUT2D eigenvalue weighted by atomic mass is 10.6. The van der Waals surface area contributed by atoms with Gasteiger partial charge in [-0.05, 0) is 12.1 Å². The molecule has 3 N–H and O–H groups in total. The number of ether oxygens (including phenoxy) is 1. The van der Waals surface area contributed by atoms with Crippen LogP contribution in [0.15, 0.2) is 16.3 Å². The van der Waals surface area contributed by atoms with Crippen LogP contribution in [0.2, 0.25) is 0 Å². The van der Waals surface area contributed by atoms with Gasteiger partial charge in [-0.2, -0.15) is 0 Å². The Balaban J connectivity index is 3.09. The molecule has 62 valence electrons. The lowest BCUT2D eigenvalue weighted by Gasteiger charge is -1.93. The van der Waals surface area contributed by atoms with Crippen LogP contribution in [0.25, 0.3) is 0 Å². The van der Waals surface area contributed by atoms with Crippen LogP contribution in [0.4, 0.5) is 0 Å². The van der Waals surface area contributed by atoms with E-state index in [1.165, 1.54) is 7.11 Å². The van der Waals surface area contributed by atoms with Gasteiger partial charge in [0.25, 0.3) is 0 Å². The Morgan fingerprint density at radius 1 is 1.73 bits per heavy atom. The maximum atomic E-state index is 10.9. The van der Waals surface area contributed by atoms with Crippen LogP contribution in [0.5, 0.6) is 5.06 Å². The molecule has 0 radical (unpaired) electrons. The van der Waals surface area contributed by atoms with E-state index in [0.717, 1.165) is 11.3 Å². The molecule has 0 bridgehead atoms. The number of nitrogens with two attached hydrogens (primary N) is 1. The van der Waals surface area contributed by atoms with E-state index in [-0.39, 0.29) is 0 Å². The third kappa shape index (κ3) is 1.92. The fourth-order valence-corrected chi connectivity index (χ4v) is 2.14. The zero-order chi connectivity index (χ0) is 8.48. The van der Waals surface area contributed by atoms with Gasteiger partial charge in [0.2, 0.25) is 0 Å². The van der Waals surface area contributed by atoms with Gasteiger partial charge in [0, 0.05) is 0 Å². The van der Waals surface area contributed by atoms with Gasteiger partial charge >= 0.3 is 0 Å². The molecule has 1 aromatic heterocycles. The van der Waals surface area contributed by atoms with Gasteiger partial charge in [0.15, 0.2) is 5.06 Å². The average Bonchev–Trinajstić information content (AvgIpc) is 2.32. The lowest BCUT2D eigenvalue weighted by Crippen LogP contribution is -2.07. The van der Waals surface area contributed by atoms with Crippen molar-refractivity contribution < 1.29 is 8.95 Å². The summed E-state index contributed by atoms with van der Waals surface area (Å²) in [5, 5.41) is 5.69. The minimum atomic E-state index is -3.05. The number of nitrogens with one attached hydrogen (secondary N) is 1. The number of thiophene rings is 1. The number of rotatable bonds is 2. The Kier molecular flexibility index (Phi) is 2.17. The summed E-state index contributed by atoms with van der Waals surface area (Å²) < 4.78 is 23.1. The van der Waals surface area contributed by atoms with Crippen LogP contribution >= 0.6 is 11.3 Å². The van der Waals surface area contributed by atoms with E-state index in [0.29, 0.717) is 9.27 Å². The van der Waals surface area contributed by atoms with E-state index in [1.807, 2.05) is 0 Å². The van der Waals surface area contributed by atoms with Gasteiger partial charge in [-0.25, -0.2) is 14.1 Å². The van der Waals surface area contributed by atoms with E-state index in [2.05, 4.69) is 0 Å². The molecule has 0 saturated heterocycles. The highest BCUT2D eigenvalue weighted by molar-refractivity contribution is 7.92. The predicted octanol–water partition coefficient (Wildman–Crippen LogP) is 1.04. The van der Waals surface area contributed by atoms with Crippen molar-refractivity contribution in [3.8, 4) is 5.06 Å². The summed E-state index contributed by atoms with van der Waals surface area (Å²) in [6.45, 7) is 0. The zero-order valence-electron chi connectivity index (χ0n) is 5.87. The Hall–Kier alpha value is -0.590. The highest BCUT2D eigenvalue weighted by Crippen LogP contribution is 2.26. The highest BCUT2D eigenvalue weighted by Gasteiger charge is 2.07. The van der Waals surface area contributed by atoms with Crippen molar-refractivity contribution in [2.24, 2.45) is 5.14 Å². The van der Waals surface area contributed by atoms with E-state index in [1.54, 1.807) is 12.1 Å². The van der Waals surface area contributed by atoms with Crippen molar-refractivity contribution in [3.05, 3.63) is 12.1 Å². The van der Waals surface area contributed by atoms with Crippen molar-refractivity contribution in [1.82, 2.24) is 0 Å². The van der Waals surface area contributed by atoms with Crippen molar-refractivity contribution >= 4 is 21.3 Å². The molecule has 0 spiro atoms. The van der Waals surface area contributed by atoms with Crippen LogP contribution in [-0.2, 0) is 9.92 Å². The summed E-state index contributed by atoms with van der Waals surface area (Å²) in [6.07, 6.45) is 0. The second-order valence-electron chi connectivity index (χ2n) is 1.88. The number of hydrogen-bond acceptors (Lipinski definition) is 4. The maximum Gasteiger partial charge on any atom is 0.174 e. The van der Waals surface area contributed by atoms with Crippen molar-refractivity contribution in [3.63, 3.8) is 0 Å². The summed E-state index contributed by atoms with van der Waals surface area (Å²) in [6, 6.07) is 3.18. The first-order chi connectivity index (χ1) is 5.04. The van der Waals surface area contributed by atoms with Gasteiger partial charge in [0.1, 0.15) is 14.1 Å². The molecule has 0 fully saturated rings. The number of hydrogen-bond donors (Lipinski definition) is 2. The van der Waals surface area contributed by atoms with Crippen molar-refractivity contribution in [1.29, 1.82) is 4.78 Å². The van der Waals surface area contributed by atoms with E-state index in [4.69, 9.17) is 14.7 Å². The second-order valence-corrected chi connectivity index (χ2v) is 4.82. The zero-order valence-corrected chi connectivity index (χ0v) is 7.50. The average molecular weight is 192 g/mol. The summed E-state index contributed by atoms with van der Waals surface area (Å²) in [5.74, 6) is 0. The van der Waals surface area contributed by atoms with E-state index in [9.17, 15) is 4.21 Å². The molecule has 0 saturated carbocycles. The molecule has 0 amide bonds. The van der Waals surface area contributed by atoms with E-state index < -0.39 is 9.92 Å². The largest absolute Gasteiger partial charge is 0.487 e. The van der Waals surface area contributed by atoms with E-state index >= 15 is 0 Å². The van der Waals surface area contributed by atoms with Crippen LogP contribution in [-0.4, -0.2) is 11.3 Å². The second kappa shape index (κ2) is 2.80. The first-order valence-electron chi connectivity index (χ1n) is 2.74. The maximum absolute atomic E-state index is 10.9. The topological polar surface area (TPSA) is 76.2 Å². The van der Waals surface area contributed by atoms with Gasteiger partial charge in [-0.15, -0.1) is 0 Å². The molecule has 1 rings (SSSR count). The monoisotopic (exact) mass is 192 g/mol. The molecular weight excluding hydrogens is 184 g/mol. The van der Waals surface area contributed by atoms with Gasteiger partial charge in [-0.3, -0.25) is 0 Å². The summed E-state index contributed by atoms with van der Waals surface area (Å²) in [4.78, 5) is 0. The molecule has 6 heteroatoms. The summed E-state index contributed by atoms with van der Waals surface area (Å²) in [5.41, 5.74) is 0. The Morgan fingerprint density at radius 2 is 2.36 bits per heavy atom. The smallest absolute Gasteiger partial charge is 0.174 e. The molecule has 1 heterocycles. The Morgan fingerprint density at radius 3 is 2.64 bits per heavy atom. The van der Waals surface area contributed by atoms with Crippen molar-refractivity contribution in [2.75, 3.05) is 7.11 Å². The molecule has 0 aliphatic carbocycles. The minimum absolute atomic E-state index is 0.342. The minimum Gasteiger partial charge on any atom is -0.487 e. The van der Waals surface area contributed by atoms with Gasteiger partial charge < -0.3 is 4.74 Å². The first kappa shape index (κ1) is 8.51. The highest BCUT2D eigenvalue weighted by atomic mass is 32.2. The molecule has 11 heavy (non-hydrogen) atoms. The summed E-state index contributed by atoms with van der Waals surface area (Å²) >= 11 is 1.13. The summed E-state index contributed by atoms with van der Waals surface area (Å²) in [7, 11) is -1.54. The van der Waals surface area contributed by atoms with Gasteiger partial charge in [0.05, 0.1) is 7.11 Å². The van der Waals surface area contributed by atoms with Crippen LogP contribution < -0.4 is 9.88 Å². The fraction of sp³-hybridized carbons (Fsp3) is 0.200. The number of methoxy groups -OCH3 is 1. The SMILES string of the molecule is COc1ccc(S(=N)(N)=O)s1. The van der Waals surface area contributed by atoms with Gasteiger partial charge in [-0.1, -0.05) is 11.3 Å². The standard InChI is InChI=1S/C5H8N2O2S2/c1-9-4-2-3-5(10-4)11(6,7)8/h2-3H,1H3,(H3,6,7,8). The third-order valence-corrected chi connectivity index (χ3v) is 3.62. The van der Waals surface area contributed by atoms with Crippen LogP contribution in [0, 0.1) is 4.78 Å². The predicted molar refractivity (Wildman–Crippen MR) is 44.2 cm³/mol. The quantitative estimate of drug-likeness (QED) is 0.734. The van der Waals surface area contributed by atoms with Crippen LogP contribution in [0.3, 0.4) is 0 Å². The normalized spacial score (nSPS) is 15.8. The fourth-order valence-electron chi connectivity index (χ4n) is 0.576. The Bertz CT molecular complexity index is 341. The van der Waals surface area contributed by atoms with Crippen molar-refractivity contribution in [2.45, 2.75) is 4.21 Å². The molecule has 4 nitrogen and oxygen atoms in total. The lowest BCUT2D eigenvalue weighted by molar-refractivity contribution is 0.427. The molecule has 0 aliphatic rings. The molecule has 1 atom stereocenters. The molecule has 1 unspecified atom stereocenters. The molecular formula is C5H8N2O2S2. The van der Waals surface area contributed by atoms with Crippen LogP contribution in [0.1, 0.15) is 0 Å².